The summed E-state index contributed by atoms with van der Waals surface area (Å²) in [6, 6.07) is 21.6. The van der Waals surface area contributed by atoms with E-state index in [0.717, 1.165) is 23.3 Å². The van der Waals surface area contributed by atoms with Crippen LogP contribution in [0.5, 0.6) is 5.75 Å². The Morgan fingerprint density at radius 2 is 1.65 bits per heavy atom. The Labute approximate surface area is 203 Å². The maximum absolute atomic E-state index is 13.6. The average Bonchev–Trinajstić information content (AvgIpc) is 2.87. The molecule has 1 N–H and O–H groups in total. The minimum absolute atomic E-state index is 0.0186. The first kappa shape index (κ1) is 25.3. The highest BCUT2D eigenvalue weighted by atomic mass is 16.5. The van der Waals surface area contributed by atoms with Gasteiger partial charge in [-0.3, -0.25) is 9.59 Å². The largest absolute Gasteiger partial charge is 0.497 e. The summed E-state index contributed by atoms with van der Waals surface area (Å²) in [7, 11) is 1.63. The maximum Gasteiger partial charge on any atom is 0.243 e. The van der Waals surface area contributed by atoms with E-state index in [0.29, 0.717) is 25.8 Å². The summed E-state index contributed by atoms with van der Waals surface area (Å²) in [5, 5.41) is 5.40. The number of fused-ring (bicyclic) bond motifs is 1. The SMILES string of the molecule is CC[C@H](C(=O)N[C@@H](C)CC)N(Cc1ccc(OC)cc1)C(=O)CCc1cccc2ccccc12. The number of nitrogens with zero attached hydrogens (tertiary/aromatic N) is 1. The van der Waals surface area contributed by atoms with Gasteiger partial charge in [-0.25, -0.2) is 0 Å². The monoisotopic (exact) mass is 460 g/mol. The molecule has 0 radical (unpaired) electrons. The van der Waals surface area contributed by atoms with E-state index in [-0.39, 0.29) is 17.9 Å². The first-order valence-corrected chi connectivity index (χ1v) is 12.2. The molecule has 3 aromatic rings. The zero-order chi connectivity index (χ0) is 24.5. The third-order valence-electron chi connectivity index (χ3n) is 6.39. The fourth-order valence-corrected chi connectivity index (χ4v) is 4.18. The fourth-order valence-electron chi connectivity index (χ4n) is 4.18. The Morgan fingerprint density at radius 3 is 2.32 bits per heavy atom. The zero-order valence-electron chi connectivity index (χ0n) is 20.7. The standard InChI is InChI=1S/C29H36N2O3/c1-5-21(3)30-29(33)27(6-2)31(20-22-14-17-25(34-4)18-15-22)28(32)19-16-24-12-9-11-23-10-7-8-13-26(23)24/h7-15,17-18,21,27H,5-6,16,19-20H2,1-4H3,(H,30,33)/t21-,27+/m0/s1. The average molecular weight is 461 g/mol. The molecule has 0 aliphatic carbocycles. The lowest BCUT2D eigenvalue weighted by molar-refractivity contribution is -0.141. The van der Waals surface area contributed by atoms with Crippen LogP contribution in [-0.4, -0.2) is 35.9 Å². The van der Waals surface area contributed by atoms with Crippen LogP contribution in [0.4, 0.5) is 0 Å². The van der Waals surface area contributed by atoms with Crippen LogP contribution in [0.25, 0.3) is 10.8 Å². The summed E-state index contributed by atoms with van der Waals surface area (Å²) >= 11 is 0. The van der Waals surface area contributed by atoms with E-state index < -0.39 is 6.04 Å². The van der Waals surface area contributed by atoms with E-state index >= 15 is 0 Å². The van der Waals surface area contributed by atoms with Crippen molar-refractivity contribution in [3.63, 3.8) is 0 Å². The molecule has 2 atom stereocenters. The Bertz CT molecular complexity index is 1090. The van der Waals surface area contributed by atoms with Crippen molar-refractivity contribution in [2.75, 3.05) is 7.11 Å². The number of ether oxygens (including phenoxy) is 1. The molecule has 2 amide bonds. The lowest BCUT2D eigenvalue weighted by Crippen LogP contribution is -2.50. The number of benzene rings is 3. The zero-order valence-corrected chi connectivity index (χ0v) is 20.7. The summed E-state index contributed by atoms with van der Waals surface area (Å²) in [5.41, 5.74) is 2.11. The molecule has 0 aliphatic heterocycles. The molecule has 0 saturated carbocycles. The smallest absolute Gasteiger partial charge is 0.243 e. The number of carbonyl (C=O) groups excluding carboxylic acids is 2. The first-order chi connectivity index (χ1) is 16.5. The molecule has 180 valence electrons. The van der Waals surface area contributed by atoms with Crippen LogP contribution in [0.3, 0.4) is 0 Å². The van der Waals surface area contributed by atoms with Crippen LogP contribution in [0.15, 0.2) is 66.7 Å². The van der Waals surface area contributed by atoms with Gasteiger partial charge in [0.1, 0.15) is 11.8 Å². The first-order valence-electron chi connectivity index (χ1n) is 12.2. The van der Waals surface area contributed by atoms with Gasteiger partial charge in [0.15, 0.2) is 0 Å². The number of methoxy groups -OCH3 is 1. The quantitative estimate of drug-likeness (QED) is 0.411. The van der Waals surface area contributed by atoms with Crippen LogP contribution in [0, 0.1) is 0 Å². The fraction of sp³-hybridized carbons (Fsp3) is 0.379. The van der Waals surface area contributed by atoms with Gasteiger partial charge in [-0.05, 0) is 60.2 Å². The molecule has 0 unspecified atom stereocenters. The molecule has 3 aromatic carbocycles. The summed E-state index contributed by atoms with van der Waals surface area (Å²) in [6.07, 6.45) is 2.37. The van der Waals surface area contributed by atoms with Gasteiger partial charge in [0.05, 0.1) is 7.11 Å². The second-order valence-corrected chi connectivity index (χ2v) is 8.75. The lowest BCUT2D eigenvalue weighted by Gasteiger charge is -2.31. The minimum atomic E-state index is -0.517. The molecule has 3 rings (SSSR count). The highest BCUT2D eigenvalue weighted by Crippen LogP contribution is 2.22. The predicted molar refractivity (Wildman–Crippen MR) is 138 cm³/mol. The van der Waals surface area contributed by atoms with E-state index in [2.05, 4.69) is 29.6 Å². The molecule has 5 heteroatoms. The van der Waals surface area contributed by atoms with Crippen molar-refractivity contribution in [1.82, 2.24) is 10.2 Å². The highest BCUT2D eigenvalue weighted by Gasteiger charge is 2.29. The van der Waals surface area contributed by atoms with Crippen molar-refractivity contribution in [2.45, 2.75) is 65.1 Å². The number of carbonyl (C=O) groups is 2. The number of hydrogen-bond acceptors (Lipinski definition) is 3. The van der Waals surface area contributed by atoms with Crippen molar-refractivity contribution in [3.8, 4) is 5.75 Å². The molecular formula is C29H36N2O3. The molecule has 5 nitrogen and oxygen atoms in total. The number of rotatable bonds is 11. The normalized spacial score (nSPS) is 12.7. The van der Waals surface area contributed by atoms with E-state index in [1.807, 2.05) is 63.2 Å². The van der Waals surface area contributed by atoms with E-state index in [1.54, 1.807) is 12.0 Å². The summed E-state index contributed by atoms with van der Waals surface area (Å²) in [5.74, 6) is 0.651. The third kappa shape index (κ3) is 6.37. The van der Waals surface area contributed by atoms with Gasteiger partial charge in [-0.2, -0.15) is 0 Å². The number of hydrogen-bond donors (Lipinski definition) is 1. The van der Waals surface area contributed by atoms with Crippen LogP contribution in [0.1, 0.15) is 51.2 Å². The third-order valence-corrected chi connectivity index (χ3v) is 6.39. The van der Waals surface area contributed by atoms with Crippen molar-refractivity contribution in [2.24, 2.45) is 0 Å². The molecule has 0 aromatic heterocycles. The molecule has 0 spiro atoms. The topological polar surface area (TPSA) is 58.6 Å². The van der Waals surface area contributed by atoms with Crippen LogP contribution < -0.4 is 10.1 Å². The summed E-state index contributed by atoms with van der Waals surface area (Å²) < 4.78 is 5.26. The Hall–Kier alpha value is -3.34. The van der Waals surface area contributed by atoms with Crippen LogP contribution in [0.2, 0.25) is 0 Å². The van der Waals surface area contributed by atoms with E-state index in [4.69, 9.17) is 4.74 Å². The van der Waals surface area contributed by atoms with Gasteiger partial charge >= 0.3 is 0 Å². The van der Waals surface area contributed by atoms with Gasteiger partial charge in [0.25, 0.3) is 0 Å². The lowest BCUT2D eigenvalue weighted by atomic mass is 10.00. The van der Waals surface area contributed by atoms with Gasteiger partial charge < -0.3 is 15.0 Å². The summed E-state index contributed by atoms with van der Waals surface area (Å²) in [4.78, 5) is 28.4. The molecule has 34 heavy (non-hydrogen) atoms. The Kier molecular flexibility index (Phi) is 9.08. The van der Waals surface area contributed by atoms with Gasteiger partial charge in [0.2, 0.25) is 11.8 Å². The van der Waals surface area contributed by atoms with Gasteiger partial charge in [-0.1, -0.05) is 68.4 Å². The molecule has 0 saturated heterocycles. The molecule has 0 heterocycles. The van der Waals surface area contributed by atoms with Crippen molar-refractivity contribution in [1.29, 1.82) is 0 Å². The molecule has 0 fully saturated rings. The number of nitrogens with one attached hydrogen (secondary N) is 1. The molecule has 0 bridgehead atoms. The second kappa shape index (κ2) is 12.2. The second-order valence-electron chi connectivity index (χ2n) is 8.75. The van der Waals surface area contributed by atoms with E-state index in [9.17, 15) is 9.59 Å². The molecular weight excluding hydrogens is 424 g/mol. The van der Waals surface area contributed by atoms with Crippen LogP contribution in [-0.2, 0) is 22.6 Å². The Morgan fingerprint density at radius 1 is 0.941 bits per heavy atom. The maximum atomic E-state index is 13.6. The Balaban J connectivity index is 1.82. The molecule has 0 aliphatic rings. The van der Waals surface area contributed by atoms with Crippen molar-refractivity contribution in [3.05, 3.63) is 77.9 Å². The predicted octanol–water partition coefficient (Wildman–Crippen LogP) is 5.50. The van der Waals surface area contributed by atoms with Gasteiger partial charge in [0, 0.05) is 19.0 Å². The minimum Gasteiger partial charge on any atom is -0.497 e. The van der Waals surface area contributed by atoms with Crippen molar-refractivity contribution >= 4 is 22.6 Å². The van der Waals surface area contributed by atoms with Crippen LogP contribution >= 0.6 is 0 Å². The van der Waals surface area contributed by atoms with Crippen molar-refractivity contribution < 1.29 is 14.3 Å². The number of aryl methyl sites for hydroxylation is 1. The highest BCUT2D eigenvalue weighted by molar-refractivity contribution is 5.89. The van der Waals surface area contributed by atoms with E-state index in [1.165, 1.54) is 10.8 Å². The number of amides is 2. The summed E-state index contributed by atoms with van der Waals surface area (Å²) in [6.45, 7) is 6.36. The van der Waals surface area contributed by atoms with Gasteiger partial charge in [-0.15, -0.1) is 0 Å².